The Labute approximate surface area is 120 Å². The van der Waals surface area contributed by atoms with Gasteiger partial charge in [-0.3, -0.25) is 4.68 Å². The molecule has 1 aliphatic carbocycles. The highest BCUT2D eigenvalue weighted by Crippen LogP contribution is 2.40. The SMILES string of the molecule is CC1CCCC(O)(Cc2nn(C)c3ccccc23)C1C. The Bertz CT molecular complexity index is 618. The van der Waals surface area contributed by atoms with E-state index in [0.29, 0.717) is 18.3 Å². The summed E-state index contributed by atoms with van der Waals surface area (Å²) in [5.41, 5.74) is 1.57. The molecule has 0 saturated heterocycles. The number of rotatable bonds is 2. The average Bonchev–Trinajstić information content (AvgIpc) is 2.73. The van der Waals surface area contributed by atoms with Crippen LogP contribution in [0.3, 0.4) is 0 Å². The molecule has 0 aliphatic heterocycles. The van der Waals surface area contributed by atoms with Crippen molar-refractivity contribution >= 4 is 10.9 Å². The first-order valence-corrected chi connectivity index (χ1v) is 7.64. The fraction of sp³-hybridized carbons (Fsp3) is 0.588. The van der Waals surface area contributed by atoms with E-state index in [0.717, 1.165) is 24.1 Å². The third-order valence-electron chi connectivity index (χ3n) is 5.28. The molecule has 108 valence electrons. The molecule has 0 radical (unpaired) electrons. The maximum Gasteiger partial charge on any atom is 0.0731 e. The molecule has 0 amide bonds. The van der Waals surface area contributed by atoms with Crippen LogP contribution in [0.1, 0.15) is 38.8 Å². The first-order chi connectivity index (χ1) is 9.51. The molecule has 0 bridgehead atoms. The smallest absolute Gasteiger partial charge is 0.0731 e. The normalized spacial score (nSPS) is 30.8. The zero-order valence-electron chi connectivity index (χ0n) is 12.6. The van der Waals surface area contributed by atoms with E-state index in [9.17, 15) is 5.11 Å². The lowest BCUT2D eigenvalue weighted by Crippen LogP contribution is -2.44. The van der Waals surface area contributed by atoms with Gasteiger partial charge in [0.15, 0.2) is 0 Å². The Hall–Kier alpha value is -1.35. The van der Waals surface area contributed by atoms with E-state index in [1.807, 2.05) is 23.9 Å². The van der Waals surface area contributed by atoms with Gasteiger partial charge in [0.05, 0.1) is 16.8 Å². The topological polar surface area (TPSA) is 38.1 Å². The van der Waals surface area contributed by atoms with Gasteiger partial charge in [-0.15, -0.1) is 0 Å². The fourth-order valence-electron chi connectivity index (χ4n) is 3.70. The van der Waals surface area contributed by atoms with E-state index in [4.69, 9.17) is 0 Å². The fourth-order valence-corrected chi connectivity index (χ4v) is 3.70. The molecule has 2 aromatic rings. The molecular weight excluding hydrogens is 248 g/mol. The summed E-state index contributed by atoms with van der Waals surface area (Å²) in [6.07, 6.45) is 3.91. The molecule has 20 heavy (non-hydrogen) atoms. The van der Waals surface area contributed by atoms with Crippen molar-refractivity contribution in [3.8, 4) is 0 Å². The van der Waals surface area contributed by atoms with Crippen molar-refractivity contribution in [2.24, 2.45) is 18.9 Å². The highest BCUT2D eigenvalue weighted by atomic mass is 16.3. The van der Waals surface area contributed by atoms with Gasteiger partial charge in [-0.25, -0.2) is 0 Å². The second-order valence-corrected chi connectivity index (χ2v) is 6.53. The van der Waals surface area contributed by atoms with E-state index < -0.39 is 5.60 Å². The minimum Gasteiger partial charge on any atom is -0.389 e. The second-order valence-electron chi connectivity index (χ2n) is 6.53. The maximum absolute atomic E-state index is 11.1. The summed E-state index contributed by atoms with van der Waals surface area (Å²) in [7, 11) is 1.98. The van der Waals surface area contributed by atoms with Crippen LogP contribution < -0.4 is 0 Å². The standard InChI is InChI=1S/C17H24N2O/c1-12-7-6-10-17(20,13(12)2)11-15-14-8-4-5-9-16(14)19(3)18-15/h4-5,8-9,12-13,20H,6-7,10-11H2,1-3H3. The molecule has 1 aromatic carbocycles. The van der Waals surface area contributed by atoms with Crippen LogP contribution in [0.5, 0.6) is 0 Å². The van der Waals surface area contributed by atoms with E-state index in [-0.39, 0.29) is 0 Å². The molecule has 1 aromatic heterocycles. The Morgan fingerprint density at radius 2 is 2.10 bits per heavy atom. The van der Waals surface area contributed by atoms with Gasteiger partial charge in [0, 0.05) is 18.9 Å². The molecule has 3 atom stereocenters. The van der Waals surface area contributed by atoms with Crippen molar-refractivity contribution < 1.29 is 5.11 Å². The van der Waals surface area contributed by atoms with E-state index in [1.54, 1.807) is 0 Å². The molecule has 1 heterocycles. The van der Waals surface area contributed by atoms with Gasteiger partial charge in [0.2, 0.25) is 0 Å². The lowest BCUT2D eigenvalue weighted by atomic mass is 9.68. The zero-order chi connectivity index (χ0) is 14.3. The number of nitrogens with zero attached hydrogens (tertiary/aromatic N) is 2. The van der Waals surface area contributed by atoms with Crippen molar-refractivity contribution in [3.05, 3.63) is 30.0 Å². The molecule has 1 saturated carbocycles. The van der Waals surface area contributed by atoms with Crippen molar-refractivity contribution in [2.45, 2.75) is 45.1 Å². The Kier molecular flexibility index (Phi) is 3.33. The number of aromatic nitrogens is 2. The largest absolute Gasteiger partial charge is 0.389 e. The van der Waals surface area contributed by atoms with Gasteiger partial charge in [-0.1, -0.05) is 44.9 Å². The lowest BCUT2D eigenvalue weighted by Gasteiger charge is -2.41. The summed E-state index contributed by atoms with van der Waals surface area (Å²) >= 11 is 0. The van der Waals surface area contributed by atoms with Crippen molar-refractivity contribution in [2.75, 3.05) is 0 Å². The van der Waals surface area contributed by atoms with Crippen molar-refractivity contribution in [1.82, 2.24) is 9.78 Å². The molecule has 0 spiro atoms. The van der Waals surface area contributed by atoms with Gasteiger partial charge < -0.3 is 5.11 Å². The van der Waals surface area contributed by atoms with Crippen LogP contribution in [0.25, 0.3) is 10.9 Å². The van der Waals surface area contributed by atoms with Crippen molar-refractivity contribution in [3.63, 3.8) is 0 Å². The monoisotopic (exact) mass is 272 g/mol. The van der Waals surface area contributed by atoms with Gasteiger partial charge in [-0.2, -0.15) is 5.10 Å². The van der Waals surface area contributed by atoms with Crippen LogP contribution in [-0.4, -0.2) is 20.5 Å². The molecule has 1 N–H and O–H groups in total. The minimum absolute atomic E-state index is 0.331. The number of hydrogen-bond acceptors (Lipinski definition) is 2. The van der Waals surface area contributed by atoms with E-state index in [1.165, 1.54) is 11.8 Å². The van der Waals surface area contributed by atoms with E-state index in [2.05, 4.69) is 31.1 Å². The van der Waals surface area contributed by atoms with Gasteiger partial charge in [-0.05, 0) is 24.3 Å². The first kappa shape index (κ1) is 13.6. The van der Waals surface area contributed by atoms with Gasteiger partial charge in [0.25, 0.3) is 0 Å². The highest BCUT2D eigenvalue weighted by molar-refractivity contribution is 5.81. The predicted octanol–water partition coefficient (Wildman–Crippen LogP) is 3.30. The third-order valence-corrected chi connectivity index (χ3v) is 5.28. The van der Waals surface area contributed by atoms with Crippen molar-refractivity contribution in [1.29, 1.82) is 0 Å². The number of benzene rings is 1. The Morgan fingerprint density at radius 1 is 1.35 bits per heavy atom. The molecule has 3 unspecified atom stereocenters. The summed E-state index contributed by atoms with van der Waals surface area (Å²) in [4.78, 5) is 0. The summed E-state index contributed by atoms with van der Waals surface area (Å²) < 4.78 is 1.92. The Morgan fingerprint density at radius 3 is 2.90 bits per heavy atom. The third kappa shape index (κ3) is 2.14. The summed E-state index contributed by atoms with van der Waals surface area (Å²) in [5, 5.41) is 16.9. The number of fused-ring (bicyclic) bond motifs is 1. The van der Waals surface area contributed by atoms with Crippen LogP contribution in [0.2, 0.25) is 0 Å². The summed E-state index contributed by atoms with van der Waals surface area (Å²) in [6, 6.07) is 8.28. The van der Waals surface area contributed by atoms with Crippen LogP contribution in [-0.2, 0) is 13.5 Å². The number of hydrogen-bond donors (Lipinski definition) is 1. The Balaban J connectivity index is 1.96. The maximum atomic E-state index is 11.1. The molecule has 3 rings (SSSR count). The number of aliphatic hydroxyl groups is 1. The number of aryl methyl sites for hydroxylation is 1. The number of para-hydroxylation sites is 1. The first-order valence-electron chi connectivity index (χ1n) is 7.64. The molecule has 3 nitrogen and oxygen atoms in total. The van der Waals surface area contributed by atoms with Gasteiger partial charge in [0.1, 0.15) is 0 Å². The molecular formula is C17H24N2O. The van der Waals surface area contributed by atoms with Crippen LogP contribution in [0.15, 0.2) is 24.3 Å². The predicted molar refractivity (Wildman–Crippen MR) is 81.5 cm³/mol. The average molecular weight is 272 g/mol. The van der Waals surface area contributed by atoms with Gasteiger partial charge >= 0.3 is 0 Å². The minimum atomic E-state index is -0.602. The highest BCUT2D eigenvalue weighted by Gasteiger charge is 2.40. The summed E-state index contributed by atoms with van der Waals surface area (Å²) in [6.45, 7) is 4.44. The zero-order valence-corrected chi connectivity index (χ0v) is 12.6. The quantitative estimate of drug-likeness (QED) is 0.911. The van der Waals surface area contributed by atoms with Crippen LogP contribution in [0.4, 0.5) is 0 Å². The summed E-state index contributed by atoms with van der Waals surface area (Å²) in [5.74, 6) is 0.917. The lowest BCUT2D eigenvalue weighted by molar-refractivity contribution is -0.0625. The van der Waals surface area contributed by atoms with E-state index >= 15 is 0 Å². The molecule has 1 aliphatic rings. The second kappa shape index (κ2) is 4.88. The van der Waals surface area contributed by atoms with Crippen LogP contribution in [0, 0.1) is 11.8 Å². The molecule has 3 heteroatoms. The molecule has 1 fully saturated rings. The van der Waals surface area contributed by atoms with Crippen LogP contribution >= 0.6 is 0 Å².